The zero-order valence-corrected chi connectivity index (χ0v) is 12.1. The van der Waals surface area contributed by atoms with Crippen LogP contribution in [0.15, 0.2) is 0 Å². The van der Waals surface area contributed by atoms with Gasteiger partial charge in [-0.15, -0.1) is 0 Å². The standard InChI is InChI=1S/C15H31N3/c1-17-11-3-2-6-14(17)9-13-18-12-5-8-15(18)7-4-10-16/h14-15H,2-13,16H2,1H3. The predicted molar refractivity (Wildman–Crippen MR) is 77.8 cm³/mol. The van der Waals surface area contributed by atoms with E-state index in [2.05, 4.69) is 16.8 Å². The zero-order chi connectivity index (χ0) is 12.8. The maximum atomic E-state index is 5.64. The molecule has 0 radical (unpaired) electrons. The van der Waals surface area contributed by atoms with Crippen LogP contribution in [-0.4, -0.2) is 55.1 Å². The molecular formula is C15H31N3. The second-order valence-corrected chi connectivity index (χ2v) is 6.18. The molecule has 2 rings (SSSR count). The van der Waals surface area contributed by atoms with E-state index in [4.69, 9.17) is 5.73 Å². The van der Waals surface area contributed by atoms with E-state index in [1.807, 2.05) is 0 Å². The molecule has 0 spiro atoms. The van der Waals surface area contributed by atoms with Crippen LogP contribution in [0.3, 0.4) is 0 Å². The topological polar surface area (TPSA) is 32.5 Å². The van der Waals surface area contributed by atoms with E-state index >= 15 is 0 Å². The van der Waals surface area contributed by atoms with Gasteiger partial charge < -0.3 is 15.5 Å². The summed E-state index contributed by atoms with van der Waals surface area (Å²) in [7, 11) is 2.31. The smallest absolute Gasteiger partial charge is 0.0104 e. The molecule has 3 heteroatoms. The molecule has 2 atom stereocenters. The van der Waals surface area contributed by atoms with Crippen molar-refractivity contribution >= 4 is 0 Å². The third-order valence-electron chi connectivity index (χ3n) is 4.91. The van der Waals surface area contributed by atoms with Crippen molar-refractivity contribution in [1.82, 2.24) is 9.80 Å². The molecule has 2 aliphatic heterocycles. The highest BCUT2D eigenvalue weighted by Crippen LogP contribution is 2.24. The quantitative estimate of drug-likeness (QED) is 0.786. The normalized spacial score (nSPS) is 31.0. The average Bonchev–Trinajstić information content (AvgIpc) is 2.83. The first-order chi connectivity index (χ1) is 8.81. The van der Waals surface area contributed by atoms with Crippen LogP contribution in [0, 0.1) is 0 Å². The second kappa shape index (κ2) is 7.46. The Bertz CT molecular complexity index is 232. The Balaban J connectivity index is 1.71. The van der Waals surface area contributed by atoms with Gasteiger partial charge in [-0.05, 0) is 78.2 Å². The van der Waals surface area contributed by atoms with Gasteiger partial charge in [0.05, 0.1) is 0 Å². The van der Waals surface area contributed by atoms with Crippen molar-refractivity contribution in [3.63, 3.8) is 0 Å². The molecule has 106 valence electrons. The van der Waals surface area contributed by atoms with Crippen molar-refractivity contribution in [2.45, 2.75) is 63.5 Å². The largest absolute Gasteiger partial charge is 0.330 e. The Morgan fingerprint density at radius 3 is 2.61 bits per heavy atom. The van der Waals surface area contributed by atoms with Crippen LogP contribution in [0.2, 0.25) is 0 Å². The molecule has 2 saturated heterocycles. The van der Waals surface area contributed by atoms with Crippen molar-refractivity contribution in [1.29, 1.82) is 0 Å². The molecule has 3 nitrogen and oxygen atoms in total. The summed E-state index contributed by atoms with van der Waals surface area (Å²) < 4.78 is 0. The van der Waals surface area contributed by atoms with E-state index in [1.54, 1.807) is 0 Å². The fourth-order valence-electron chi connectivity index (χ4n) is 3.69. The first kappa shape index (κ1) is 14.3. The zero-order valence-electron chi connectivity index (χ0n) is 12.1. The highest BCUT2D eigenvalue weighted by atomic mass is 15.2. The van der Waals surface area contributed by atoms with E-state index in [0.29, 0.717) is 0 Å². The highest BCUT2D eigenvalue weighted by Gasteiger charge is 2.25. The maximum Gasteiger partial charge on any atom is 0.0104 e. The molecule has 0 aromatic rings. The van der Waals surface area contributed by atoms with E-state index < -0.39 is 0 Å². The number of rotatable bonds is 6. The van der Waals surface area contributed by atoms with Crippen molar-refractivity contribution in [3.05, 3.63) is 0 Å². The van der Waals surface area contributed by atoms with Gasteiger partial charge in [0.2, 0.25) is 0 Å². The lowest BCUT2D eigenvalue weighted by Crippen LogP contribution is -2.40. The van der Waals surface area contributed by atoms with Crippen molar-refractivity contribution in [2.24, 2.45) is 5.73 Å². The minimum atomic E-state index is 0.836. The van der Waals surface area contributed by atoms with Crippen LogP contribution < -0.4 is 5.73 Å². The Kier molecular flexibility index (Phi) is 5.93. The Morgan fingerprint density at radius 1 is 1.00 bits per heavy atom. The van der Waals surface area contributed by atoms with E-state index in [9.17, 15) is 0 Å². The van der Waals surface area contributed by atoms with E-state index in [-0.39, 0.29) is 0 Å². The van der Waals surface area contributed by atoms with Crippen molar-refractivity contribution in [3.8, 4) is 0 Å². The van der Waals surface area contributed by atoms with Gasteiger partial charge in [0.1, 0.15) is 0 Å². The summed E-state index contributed by atoms with van der Waals surface area (Å²) in [6, 6.07) is 1.68. The van der Waals surface area contributed by atoms with Gasteiger partial charge in [-0.1, -0.05) is 6.42 Å². The minimum Gasteiger partial charge on any atom is -0.330 e. The van der Waals surface area contributed by atoms with Crippen LogP contribution in [0.1, 0.15) is 51.4 Å². The Hall–Kier alpha value is -0.120. The minimum absolute atomic E-state index is 0.836. The predicted octanol–water partition coefficient (Wildman–Crippen LogP) is 2.06. The number of hydrogen-bond donors (Lipinski definition) is 1. The molecule has 0 aromatic carbocycles. The number of likely N-dealkylation sites (tertiary alicyclic amines) is 2. The van der Waals surface area contributed by atoms with Crippen molar-refractivity contribution in [2.75, 3.05) is 33.2 Å². The molecule has 0 saturated carbocycles. The average molecular weight is 253 g/mol. The molecule has 18 heavy (non-hydrogen) atoms. The fraction of sp³-hybridized carbons (Fsp3) is 1.00. The summed E-state index contributed by atoms with van der Waals surface area (Å²) >= 11 is 0. The van der Waals surface area contributed by atoms with Gasteiger partial charge >= 0.3 is 0 Å². The number of hydrogen-bond acceptors (Lipinski definition) is 3. The number of nitrogens with zero attached hydrogens (tertiary/aromatic N) is 2. The lowest BCUT2D eigenvalue weighted by atomic mass is 9.99. The third-order valence-corrected chi connectivity index (χ3v) is 4.91. The van der Waals surface area contributed by atoms with Gasteiger partial charge in [0.25, 0.3) is 0 Å². The van der Waals surface area contributed by atoms with Gasteiger partial charge in [0.15, 0.2) is 0 Å². The Labute approximate surface area is 113 Å². The molecule has 2 heterocycles. The second-order valence-electron chi connectivity index (χ2n) is 6.18. The van der Waals surface area contributed by atoms with Crippen LogP contribution >= 0.6 is 0 Å². The van der Waals surface area contributed by atoms with Gasteiger partial charge in [-0.2, -0.15) is 0 Å². The summed E-state index contributed by atoms with van der Waals surface area (Å²) in [6.07, 6.45) is 10.9. The van der Waals surface area contributed by atoms with Crippen LogP contribution in [-0.2, 0) is 0 Å². The lowest BCUT2D eigenvalue weighted by Gasteiger charge is -2.34. The molecular weight excluding hydrogens is 222 g/mol. The molecule has 0 bridgehead atoms. The van der Waals surface area contributed by atoms with Gasteiger partial charge in [-0.25, -0.2) is 0 Å². The summed E-state index contributed by atoms with van der Waals surface area (Å²) in [6.45, 7) is 4.80. The summed E-state index contributed by atoms with van der Waals surface area (Å²) in [4.78, 5) is 5.31. The third kappa shape index (κ3) is 3.94. The molecule has 0 amide bonds. The number of piperidine rings is 1. The van der Waals surface area contributed by atoms with Crippen LogP contribution in [0.5, 0.6) is 0 Å². The first-order valence-corrected chi connectivity index (χ1v) is 7.95. The summed E-state index contributed by atoms with van der Waals surface area (Å²) in [5.41, 5.74) is 5.64. The van der Waals surface area contributed by atoms with E-state index in [1.165, 1.54) is 71.0 Å². The van der Waals surface area contributed by atoms with Crippen LogP contribution in [0.25, 0.3) is 0 Å². The molecule has 0 aromatic heterocycles. The maximum absolute atomic E-state index is 5.64. The van der Waals surface area contributed by atoms with E-state index in [0.717, 1.165) is 18.6 Å². The lowest BCUT2D eigenvalue weighted by molar-refractivity contribution is 0.147. The van der Waals surface area contributed by atoms with Crippen molar-refractivity contribution < 1.29 is 0 Å². The SMILES string of the molecule is CN1CCCCC1CCN1CCCC1CCCN. The fourth-order valence-corrected chi connectivity index (χ4v) is 3.69. The monoisotopic (exact) mass is 253 g/mol. The van der Waals surface area contributed by atoms with Crippen LogP contribution in [0.4, 0.5) is 0 Å². The molecule has 2 fully saturated rings. The highest BCUT2D eigenvalue weighted by molar-refractivity contribution is 4.82. The molecule has 2 N–H and O–H groups in total. The molecule has 2 aliphatic rings. The Morgan fingerprint density at radius 2 is 1.83 bits per heavy atom. The summed E-state index contributed by atoms with van der Waals surface area (Å²) in [5.74, 6) is 0. The van der Waals surface area contributed by atoms with Gasteiger partial charge in [0, 0.05) is 12.1 Å². The molecule has 0 aliphatic carbocycles. The van der Waals surface area contributed by atoms with Gasteiger partial charge in [-0.3, -0.25) is 0 Å². The first-order valence-electron chi connectivity index (χ1n) is 7.95. The molecule has 2 unspecified atom stereocenters. The summed E-state index contributed by atoms with van der Waals surface area (Å²) in [5, 5.41) is 0. The number of nitrogens with two attached hydrogens (primary N) is 1.